The third kappa shape index (κ3) is 3.32. The fourth-order valence-electron chi connectivity index (χ4n) is 2.17. The van der Waals surface area contributed by atoms with Gasteiger partial charge in [0.15, 0.2) is 0 Å². The van der Waals surface area contributed by atoms with Gasteiger partial charge < -0.3 is 11.1 Å². The first-order valence-electron chi connectivity index (χ1n) is 6.79. The molecule has 1 heterocycles. The number of nitrogens with zero attached hydrogens (tertiary/aromatic N) is 2. The first-order chi connectivity index (χ1) is 8.85. The van der Waals surface area contributed by atoms with Crippen LogP contribution in [0.2, 0.25) is 0 Å². The van der Waals surface area contributed by atoms with Gasteiger partial charge in [-0.2, -0.15) is 11.8 Å². The van der Waals surface area contributed by atoms with Crippen LogP contribution in [0.15, 0.2) is 6.07 Å². The first-order valence-corrected chi connectivity index (χ1v) is 8.01. The summed E-state index contributed by atoms with van der Waals surface area (Å²) in [4.78, 5) is 8.91. The van der Waals surface area contributed by atoms with Crippen LogP contribution in [0.25, 0.3) is 0 Å². The van der Waals surface area contributed by atoms with E-state index in [4.69, 9.17) is 5.73 Å². The Kier molecular flexibility index (Phi) is 3.95. The van der Waals surface area contributed by atoms with Gasteiger partial charge in [-0.15, -0.1) is 0 Å². The Labute approximate surface area is 120 Å². The van der Waals surface area contributed by atoms with Crippen molar-refractivity contribution in [1.29, 1.82) is 0 Å². The predicted molar refractivity (Wildman–Crippen MR) is 83.7 cm³/mol. The van der Waals surface area contributed by atoms with E-state index in [1.54, 1.807) is 0 Å². The third-order valence-electron chi connectivity index (χ3n) is 3.71. The van der Waals surface area contributed by atoms with E-state index in [-0.39, 0.29) is 5.41 Å². The Balaban J connectivity index is 2.10. The fraction of sp³-hybridized carbons (Fsp3) is 0.714. The molecule has 0 aliphatic heterocycles. The lowest BCUT2D eigenvalue weighted by molar-refractivity contribution is 0.379. The Morgan fingerprint density at radius 2 is 2.05 bits per heavy atom. The monoisotopic (exact) mass is 280 g/mol. The maximum atomic E-state index is 5.88. The molecular weight excluding hydrogens is 256 g/mol. The maximum Gasteiger partial charge on any atom is 0.138 e. The van der Waals surface area contributed by atoms with Crippen molar-refractivity contribution in [2.75, 3.05) is 23.9 Å². The highest BCUT2D eigenvalue weighted by atomic mass is 32.2. The van der Waals surface area contributed by atoms with E-state index in [2.05, 4.69) is 42.3 Å². The lowest BCUT2D eigenvalue weighted by Crippen LogP contribution is -2.40. The summed E-state index contributed by atoms with van der Waals surface area (Å²) in [6.07, 6.45) is 6.10. The van der Waals surface area contributed by atoms with Crippen molar-refractivity contribution in [2.24, 2.45) is 0 Å². The molecule has 1 aromatic heterocycles. The molecule has 0 bridgehead atoms. The third-order valence-corrected chi connectivity index (χ3v) is 5.12. The smallest absolute Gasteiger partial charge is 0.138 e. The number of nitrogens with two attached hydrogens (primary N) is 1. The molecule has 3 N–H and O–H groups in total. The van der Waals surface area contributed by atoms with Crippen LogP contribution in [0.3, 0.4) is 0 Å². The van der Waals surface area contributed by atoms with Gasteiger partial charge in [-0.25, -0.2) is 9.97 Å². The van der Waals surface area contributed by atoms with E-state index >= 15 is 0 Å². The average molecular weight is 280 g/mol. The highest BCUT2D eigenvalue weighted by Crippen LogP contribution is 2.42. The van der Waals surface area contributed by atoms with E-state index in [9.17, 15) is 0 Å². The van der Waals surface area contributed by atoms with Gasteiger partial charge in [-0.1, -0.05) is 27.2 Å². The van der Waals surface area contributed by atoms with Gasteiger partial charge in [-0.3, -0.25) is 0 Å². The molecular formula is C14H24N4S. The van der Waals surface area contributed by atoms with Crippen molar-refractivity contribution < 1.29 is 0 Å². The van der Waals surface area contributed by atoms with Crippen molar-refractivity contribution in [3.05, 3.63) is 11.9 Å². The molecule has 1 fully saturated rings. The lowest BCUT2D eigenvalue weighted by atomic mass is 9.84. The molecule has 19 heavy (non-hydrogen) atoms. The van der Waals surface area contributed by atoms with E-state index in [0.717, 1.165) is 18.2 Å². The molecule has 4 nitrogen and oxygen atoms in total. The normalized spacial score (nSPS) is 17.9. The molecule has 1 aromatic rings. The summed E-state index contributed by atoms with van der Waals surface area (Å²) in [5.74, 6) is 2.17. The second-order valence-electron chi connectivity index (χ2n) is 6.35. The molecule has 1 aliphatic rings. The van der Waals surface area contributed by atoms with Crippen LogP contribution in [0, 0.1) is 0 Å². The fourth-order valence-corrected chi connectivity index (χ4v) is 3.08. The van der Waals surface area contributed by atoms with Gasteiger partial charge in [-0.05, 0) is 19.1 Å². The molecule has 1 aliphatic carbocycles. The minimum atomic E-state index is -0.0839. The van der Waals surface area contributed by atoms with Crippen LogP contribution in [-0.4, -0.2) is 27.5 Å². The van der Waals surface area contributed by atoms with Crippen LogP contribution >= 0.6 is 11.8 Å². The molecule has 0 aromatic carbocycles. The molecule has 0 saturated heterocycles. The molecule has 0 unspecified atom stereocenters. The van der Waals surface area contributed by atoms with Crippen molar-refractivity contribution in [3.8, 4) is 0 Å². The summed E-state index contributed by atoms with van der Waals surface area (Å²) >= 11 is 1.96. The van der Waals surface area contributed by atoms with E-state index in [0.29, 0.717) is 10.6 Å². The number of nitrogens with one attached hydrogen (secondary N) is 1. The predicted octanol–water partition coefficient (Wildman–Crippen LogP) is 3.05. The highest BCUT2D eigenvalue weighted by molar-refractivity contribution is 8.00. The summed E-state index contributed by atoms with van der Waals surface area (Å²) in [5, 5.41) is 3.44. The van der Waals surface area contributed by atoms with E-state index < -0.39 is 0 Å². The second-order valence-corrected chi connectivity index (χ2v) is 7.62. The lowest BCUT2D eigenvalue weighted by Gasteiger charge is -2.40. The zero-order chi connectivity index (χ0) is 14.1. The van der Waals surface area contributed by atoms with Gasteiger partial charge >= 0.3 is 0 Å². The average Bonchev–Trinajstić information content (AvgIpc) is 2.26. The number of nitrogen functional groups attached to an aromatic ring is 1. The number of aromatic nitrogens is 2. The topological polar surface area (TPSA) is 63.8 Å². The summed E-state index contributed by atoms with van der Waals surface area (Å²) < 4.78 is 0.390. The minimum absolute atomic E-state index is 0.0839. The van der Waals surface area contributed by atoms with Gasteiger partial charge in [0.1, 0.15) is 17.5 Å². The Morgan fingerprint density at radius 3 is 2.53 bits per heavy atom. The number of thioether (sulfide) groups is 1. The van der Waals surface area contributed by atoms with E-state index in [1.807, 2.05) is 17.8 Å². The van der Waals surface area contributed by atoms with Crippen LogP contribution in [-0.2, 0) is 5.41 Å². The zero-order valence-electron chi connectivity index (χ0n) is 12.3. The summed E-state index contributed by atoms with van der Waals surface area (Å²) in [6.45, 7) is 7.25. The van der Waals surface area contributed by atoms with Crippen molar-refractivity contribution in [3.63, 3.8) is 0 Å². The molecule has 2 rings (SSSR count). The van der Waals surface area contributed by atoms with Gasteiger partial charge in [0.05, 0.1) is 0 Å². The molecule has 1 saturated carbocycles. The summed E-state index contributed by atoms with van der Waals surface area (Å²) in [5.41, 5.74) is 5.79. The highest BCUT2D eigenvalue weighted by Gasteiger charge is 2.35. The van der Waals surface area contributed by atoms with E-state index in [1.165, 1.54) is 19.3 Å². The second kappa shape index (κ2) is 5.19. The van der Waals surface area contributed by atoms with Gasteiger partial charge in [0.25, 0.3) is 0 Å². The number of hydrogen-bond acceptors (Lipinski definition) is 5. The zero-order valence-corrected chi connectivity index (χ0v) is 13.1. The summed E-state index contributed by atoms with van der Waals surface area (Å²) in [6, 6.07) is 1.82. The van der Waals surface area contributed by atoms with Gasteiger partial charge in [0, 0.05) is 22.8 Å². The minimum Gasteiger partial charge on any atom is -0.384 e. The Bertz CT molecular complexity index is 444. The van der Waals surface area contributed by atoms with Crippen LogP contribution in [0.5, 0.6) is 0 Å². The molecule has 0 radical (unpaired) electrons. The van der Waals surface area contributed by atoms with Crippen molar-refractivity contribution in [2.45, 2.75) is 50.2 Å². The number of hydrogen-bond donors (Lipinski definition) is 2. The Hall–Kier alpha value is -0.970. The first kappa shape index (κ1) is 14.4. The van der Waals surface area contributed by atoms with Crippen LogP contribution in [0.4, 0.5) is 11.6 Å². The van der Waals surface area contributed by atoms with Crippen molar-refractivity contribution in [1.82, 2.24) is 9.97 Å². The van der Waals surface area contributed by atoms with Crippen LogP contribution in [0.1, 0.15) is 45.9 Å². The standard InChI is InChI=1S/C14H24N4S/c1-13(2,3)12-17-10(15)8-11(18-12)16-9-14(19-4)6-5-7-14/h8H,5-7,9H2,1-4H3,(H3,15,16,17,18). The number of rotatable bonds is 4. The quantitative estimate of drug-likeness (QED) is 0.887. The van der Waals surface area contributed by atoms with Gasteiger partial charge in [0.2, 0.25) is 0 Å². The maximum absolute atomic E-state index is 5.88. The molecule has 0 spiro atoms. The molecule has 106 valence electrons. The van der Waals surface area contributed by atoms with Crippen molar-refractivity contribution >= 4 is 23.4 Å². The number of anilines is 2. The molecule has 0 atom stereocenters. The largest absolute Gasteiger partial charge is 0.384 e. The van der Waals surface area contributed by atoms with Crippen LogP contribution < -0.4 is 11.1 Å². The Morgan fingerprint density at radius 1 is 1.37 bits per heavy atom. The molecule has 5 heteroatoms. The summed E-state index contributed by atoms with van der Waals surface area (Å²) in [7, 11) is 0. The molecule has 0 amide bonds. The SMILES string of the molecule is CSC1(CNc2cc(N)nc(C(C)(C)C)n2)CCC1.